The molecule has 0 radical (unpaired) electrons. The molecule has 0 aliphatic rings. The Morgan fingerprint density at radius 3 is 2.61 bits per heavy atom. The van der Waals surface area contributed by atoms with Crippen molar-refractivity contribution in [2.75, 3.05) is 12.4 Å². The van der Waals surface area contributed by atoms with Crippen LogP contribution in [0.5, 0.6) is 0 Å². The predicted molar refractivity (Wildman–Crippen MR) is 113 cm³/mol. The summed E-state index contributed by atoms with van der Waals surface area (Å²) in [4.78, 5) is 4.51. The zero-order valence-corrected chi connectivity index (χ0v) is 17.6. The number of sulfonamides is 1. The molecule has 0 aliphatic heterocycles. The van der Waals surface area contributed by atoms with Crippen LogP contribution in [0.1, 0.15) is 24.6 Å². The molecule has 9 nitrogen and oxygen atoms in total. The van der Waals surface area contributed by atoms with Crippen LogP contribution in [0, 0.1) is 12.3 Å². The van der Waals surface area contributed by atoms with Gasteiger partial charge < -0.3 is 21.7 Å². The summed E-state index contributed by atoms with van der Waals surface area (Å²) >= 11 is 1.35. The van der Waals surface area contributed by atoms with Crippen molar-refractivity contribution in [3.8, 4) is 0 Å². The van der Waals surface area contributed by atoms with E-state index in [-0.39, 0.29) is 22.9 Å². The maximum absolute atomic E-state index is 12.5. The highest BCUT2D eigenvalue weighted by Crippen LogP contribution is 2.17. The van der Waals surface area contributed by atoms with Crippen molar-refractivity contribution in [2.45, 2.75) is 37.6 Å². The number of nitrogens with zero attached hydrogens (tertiary/aromatic N) is 2. The van der Waals surface area contributed by atoms with Crippen LogP contribution in [0.25, 0.3) is 0 Å². The highest BCUT2D eigenvalue weighted by atomic mass is 32.2. The lowest BCUT2D eigenvalue weighted by molar-refractivity contribution is 0.570. The molecule has 1 aromatic carbocycles. The second kappa shape index (κ2) is 9.51. The van der Waals surface area contributed by atoms with E-state index in [9.17, 15) is 8.42 Å². The highest BCUT2D eigenvalue weighted by Gasteiger charge is 2.17. The van der Waals surface area contributed by atoms with Crippen molar-refractivity contribution in [1.29, 1.82) is 5.41 Å². The highest BCUT2D eigenvalue weighted by molar-refractivity contribution is 7.90. The average molecular weight is 424 g/mol. The molecule has 1 atom stereocenters. The summed E-state index contributed by atoms with van der Waals surface area (Å²) in [6, 6.07) is 6.47. The normalized spacial score (nSPS) is 13.0. The number of rotatable bonds is 7. The van der Waals surface area contributed by atoms with E-state index in [4.69, 9.17) is 11.1 Å². The summed E-state index contributed by atoms with van der Waals surface area (Å²) in [5.41, 5.74) is 7.09. The van der Waals surface area contributed by atoms with Crippen LogP contribution in [0.15, 0.2) is 38.9 Å². The van der Waals surface area contributed by atoms with Crippen molar-refractivity contribution < 1.29 is 8.42 Å². The topological polar surface area (TPSA) is 145 Å². The van der Waals surface area contributed by atoms with Crippen molar-refractivity contribution in [2.24, 2.45) is 10.1 Å². The summed E-state index contributed by atoms with van der Waals surface area (Å²) in [5, 5.41) is 18.2. The number of benzene rings is 1. The maximum Gasteiger partial charge on any atom is 0.285 e. The first kappa shape index (κ1) is 21.6. The number of thiazole rings is 1. The van der Waals surface area contributed by atoms with Gasteiger partial charge in [-0.2, -0.15) is 8.42 Å². The number of aryl methyl sites for hydroxylation is 1. The summed E-state index contributed by atoms with van der Waals surface area (Å²) in [7, 11) is -2.21. The number of guanidine groups is 2. The van der Waals surface area contributed by atoms with Gasteiger partial charge in [0.1, 0.15) is 0 Å². The number of anilines is 1. The summed E-state index contributed by atoms with van der Waals surface area (Å²) in [6.07, 6.45) is 1.30. The molecule has 0 aliphatic carbocycles. The van der Waals surface area contributed by atoms with Gasteiger partial charge in [-0.15, -0.1) is 15.7 Å². The van der Waals surface area contributed by atoms with E-state index in [1.165, 1.54) is 23.5 Å². The lowest BCUT2D eigenvalue weighted by Crippen LogP contribution is -2.43. The van der Waals surface area contributed by atoms with Gasteiger partial charge in [-0.05, 0) is 25.5 Å². The number of hydrogen-bond donors (Lipinski definition) is 5. The Balaban J connectivity index is 2.12. The van der Waals surface area contributed by atoms with E-state index < -0.39 is 10.0 Å². The largest absolute Gasteiger partial charge is 0.370 e. The molecule has 0 spiro atoms. The third-order valence-electron chi connectivity index (χ3n) is 3.85. The zero-order chi connectivity index (χ0) is 20.7. The molecule has 1 unspecified atom stereocenters. The standard InChI is InChI=1S/C17H25N7O2S2/c1-4-12(9-13-10-27-17(22-13)23-15(18)19)21-16(20-3)24-28(25,26)14-7-5-11(2)6-8-14/h5-8,10,12H,4,9H2,1-3H3,(H2,20,21,24)(H4,18,19,22,23). The van der Waals surface area contributed by atoms with Crippen LogP contribution in [0.3, 0.4) is 0 Å². The van der Waals surface area contributed by atoms with Crippen LogP contribution in [-0.4, -0.2) is 38.4 Å². The molecule has 11 heteroatoms. The molecule has 1 heterocycles. The van der Waals surface area contributed by atoms with E-state index in [1.54, 1.807) is 19.2 Å². The van der Waals surface area contributed by atoms with Gasteiger partial charge in [0.25, 0.3) is 10.0 Å². The molecule has 152 valence electrons. The molecular weight excluding hydrogens is 398 g/mol. The lowest BCUT2D eigenvalue weighted by atomic mass is 10.1. The van der Waals surface area contributed by atoms with Gasteiger partial charge in [0.05, 0.1) is 10.6 Å². The SMILES string of the molecule is CCC(Cc1csc(NC(=N)N)n1)N/C(=N\S(=O)(=O)c1ccc(C)cc1)NC. The van der Waals surface area contributed by atoms with Crippen LogP contribution < -0.4 is 21.7 Å². The van der Waals surface area contributed by atoms with Crippen LogP contribution in [0.4, 0.5) is 5.13 Å². The molecule has 0 saturated heterocycles. The van der Waals surface area contributed by atoms with Gasteiger partial charge >= 0.3 is 0 Å². The molecular formula is C17H25N7O2S2. The van der Waals surface area contributed by atoms with E-state index in [1.807, 2.05) is 19.2 Å². The smallest absolute Gasteiger partial charge is 0.285 e. The second-order valence-corrected chi connectivity index (χ2v) is 8.58. The van der Waals surface area contributed by atoms with Gasteiger partial charge in [-0.1, -0.05) is 24.6 Å². The number of nitrogens with one attached hydrogen (secondary N) is 4. The fraction of sp³-hybridized carbons (Fsp3) is 0.353. The van der Waals surface area contributed by atoms with Crippen LogP contribution >= 0.6 is 11.3 Å². The summed E-state index contributed by atoms with van der Waals surface area (Å²) < 4.78 is 28.9. The molecule has 1 aromatic heterocycles. The van der Waals surface area contributed by atoms with E-state index in [0.29, 0.717) is 11.6 Å². The fourth-order valence-electron chi connectivity index (χ4n) is 2.34. The van der Waals surface area contributed by atoms with Crippen LogP contribution in [0.2, 0.25) is 0 Å². The summed E-state index contributed by atoms with van der Waals surface area (Å²) in [5.74, 6) is 0.00159. The third kappa shape index (κ3) is 6.20. The van der Waals surface area contributed by atoms with E-state index in [2.05, 4.69) is 25.3 Å². The average Bonchev–Trinajstić information content (AvgIpc) is 3.06. The first-order valence-corrected chi connectivity index (χ1v) is 11.0. The molecule has 0 fully saturated rings. The molecule has 28 heavy (non-hydrogen) atoms. The van der Waals surface area contributed by atoms with Crippen molar-refractivity contribution >= 4 is 38.4 Å². The fourth-order valence-corrected chi connectivity index (χ4v) is 4.05. The van der Waals surface area contributed by atoms with Gasteiger partial charge in [0.2, 0.25) is 5.96 Å². The van der Waals surface area contributed by atoms with E-state index in [0.717, 1.165) is 17.7 Å². The quantitative estimate of drug-likeness (QED) is 0.336. The minimum absolute atomic E-state index is 0.0771. The van der Waals surface area contributed by atoms with Gasteiger partial charge in [-0.25, -0.2) is 4.98 Å². The third-order valence-corrected chi connectivity index (χ3v) is 5.95. The first-order valence-electron chi connectivity index (χ1n) is 8.65. The van der Waals surface area contributed by atoms with Crippen molar-refractivity contribution in [3.05, 3.63) is 40.9 Å². The number of nitrogens with two attached hydrogens (primary N) is 1. The van der Waals surface area contributed by atoms with Gasteiger partial charge in [-0.3, -0.25) is 5.41 Å². The minimum atomic E-state index is -3.82. The number of hydrogen-bond acceptors (Lipinski definition) is 5. The monoisotopic (exact) mass is 423 g/mol. The zero-order valence-electron chi connectivity index (χ0n) is 16.0. The molecule has 2 rings (SSSR count). The van der Waals surface area contributed by atoms with Gasteiger partial charge in [0.15, 0.2) is 11.1 Å². The Labute approximate surface area is 169 Å². The molecule has 0 saturated carbocycles. The van der Waals surface area contributed by atoms with Crippen LogP contribution in [-0.2, 0) is 16.4 Å². The molecule has 2 aromatic rings. The second-order valence-electron chi connectivity index (χ2n) is 6.11. The van der Waals surface area contributed by atoms with Gasteiger partial charge in [0, 0.05) is 24.9 Å². The Hall–Kier alpha value is -2.66. The molecule has 0 amide bonds. The number of aromatic nitrogens is 1. The Morgan fingerprint density at radius 2 is 2.04 bits per heavy atom. The maximum atomic E-state index is 12.5. The Bertz CT molecular complexity index is 937. The predicted octanol–water partition coefficient (Wildman–Crippen LogP) is 1.63. The lowest BCUT2D eigenvalue weighted by Gasteiger charge is -2.18. The van der Waals surface area contributed by atoms with E-state index >= 15 is 0 Å². The summed E-state index contributed by atoms with van der Waals surface area (Å²) in [6.45, 7) is 3.88. The minimum Gasteiger partial charge on any atom is -0.370 e. The Kier molecular flexibility index (Phi) is 7.35. The van der Waals surface area contributed by atoms with Crippen molar-refractivity contribution in [3.63, 3.8) is 0 Å². The molecule has 0 bridgehead atoms. The first-order chi connectivity index (χ1) is 13.2. The van der Waals surface area contributed by atoms with Crippen molar-refractivity contribution in [1.82, 2.24) is 15.6 Å². The molecule has 6 N–H and O–H groups in total. The Morgan fingerprint density at radius 1 is 1.36 bits per heavy atom.